The van der Waals surface area contributed by atoms with Gasteiger partial charge in [0.2, 0.25) is 0 Å². The van der Waals surface area contributed by atoms with Crippen molar-refractivity contribution in [2.45, 2.75) is 65.7 Å². The first kappa shape index (κ1) is 15.0. The average Bonchev–Trinajstić information content (AvgIpc) is 2.12. The van der Waals surface area contributed by atoms with E-state index in [1.165, 1.54) is 25.7 Å². The molecule has 0 aromatic carbocycles. The molecule has 0 amide bonds. The molecule has 13 heavy (non-hydrogen) atoms. The van der Waals surface area contributed by atoms with E-state index in [4.69, 9.17) is 5.11 Å². The maximum Gasteiger partial charge on any atom is 0.303 e. The molecule has 1 N–H and O–H groups in total. The zero-order valence-corrected chi connectivity index (χ0v) is 9.31. The Labute approximate surface area is 82.4 Å². The Bertz CT molecular complexity index is 96.3. The molecular weight excluding hydrogens is 164 g/mol. The number of hydrogen-bond acceptors (Lipinski definition) is 1. The standard InChI is InChI=1S/C6H14.C5H10O2/c1-3-5-6-4-2;1-2-3-4-5(6)7/h3-6H2,1-2H3;2-4H2,1H3,(H,6,7). The summed E-state index contributed by atoms with van der Waals surface area (Å²) in [6.07, 6.45) is 7.62. The molecule has 0 saturated heterocycles. The van der Waals surface area contributed by atoms with Crippen molar-refractivity contribution < 1.29 is 9.90 Å². The molecule has 0 unspecified atom stereocenters. The first-order chi connectivity index (χ1) is 6.18. The summed E-state index contributed by atoms with van der Waals surface area (Å²) in [5.74, 6) is -0.693. The Balaban J connectivity index is 0. The highest BCUT2D eigenvalue weighted by Gasteiger charge is 1.90. The van der Waals surface area contributed by atoms with Gasteiger partial charge in [-0.3, -0.25) is 4.79 Å². The first-order valence-corrected chi connectivity index (χ1v) is 5.40. The van der Waals surface area contributed by atoms with Crippen molar-refractivity contribution in [3.8, 4) is 0 Å². The largest absolute Gasteiger partial charge is 0.481 e. The minimum atomic E-state index is -0.693. The Kier molecular flexibility index (Phi) is 16.1. The van der Waals surface area contributed by atoms with Gasteiger partial charge in [0.25, 0.3) is 0 Å². The van der Waals surface area contributed by atoms with Crippen molar-refractivity contribution in [2.75, 3.05) is 0 Å². The fraction of sp³-hybridized carbons (Fsp3) is 0.909. The van der Waals surface area contributed by atoms with Gasteiger partial charge in [-0.15, -0.1) is 0 Å². The van der Waals surface area contributed by atoms with Crippen molar-refractivity contribution in [3.63, 3.8) is 0 Å². The third kappa shape index (κ3) is 24.6. The van der Waals surface area contributed by atoms with Gasteiger partial charge in [0.05, 0.1) is 0 Å². The van der Waals surface area contributed by atoms with Crippen LogP contribution in [0.25, 0.3) is 0 Å². The summed E-state index contributed by atoms with van der Waals surface area (Å²) < 4.78 is 0. The van der Waals surface area contributed by atoms with Crippen LogP contribution in [0.1, 0.15) is 65.7 Å². The van der Waals surface area contributed by atoms with E-state index in [9.17, 15) is 4.79 Å². The maximum absolute atomic E-state index is 9.76. The molecule has 0 aliphatic rings. The van der Waals surface area contributed by atoms with Crippen LogP contribution < -0.4 is 0 Å². The second kappa shape index (κ2) is 14.0. The number of carbonyl (C=O) groups is 1. The molecule has 80 valence electrons. The highest BCUT2D eigenvalue weighted by atomic mass is 16.4. The first-order valence-electron chi connectivity index (χ1n) is 5.40. The Morgan fingerprint density at radius 1 is 0.923 bits per heavy atom. The van der Waals surface area contributed by atoms with Gasteiger partial charge in [-0.1, -0.05) is 52.9 Å². The van der Waals surface area contributed by atoms with E-state index in [2.05, 4.69) is 13.8 Å². The molecule has 0 radical (unpaired) electrons. The van der Waals surface area contributed by atoms with Crippen LogP contribution in [0.2, 0.25) is 0 Å². The average molecular weight is 188 g/mol. The van der Waals surface area contributed by atoms with Crippen LogP contribution in [-0.4, -0.2) is 11.1 Å². The molecule has 0 saturated carbocycles. The van der Waals surface area contributed by atoms with Crippen LogP contribution >= 0.6 is 0 Å². The number of aliphatic carboxylic acids is 1. The van der Waals surface area contributed by atoms with Crippen molar-refractivity contribution in [2.24, 2.45) is 0 Å². The lowest BCUT2D eigenvalue weighted by atomic mass is 10.2. The molecule has 0 atom stereocenters. The Morgan fingerprint density at radius 2 is 1.31 bits per heavy atom. The van der Waals surface area contributed by atoms with Gasteiger partial charge >= 0.3 is 5.97 Å². The number of unbranched alkanes of at least 4 members (excludes halogenated alkanes) is 4. The smallest absolute Gasteiger partial charge is 0.303 e. The summed E-state index contributed by atoms with van der Waals surface area (Å²) in [5, 5.41) is 8.04. The number of carboxylic acid groups (broad SMARTS) is 1. The molecule has 0 aromatic rings. The van der Waals surface area contributed by atoms with Crippen LogP contribution in [-0.2, 0) is 4.79 Å². The lowest BCUT2D eigenvalue weighted by Gasteiger charge is -1.86. The SMILES string of the molecule is CCCCC(=O)O.CCCCCC. The van der Waals surface area contributed by atoms with Crippen LogP contribution in [0, 0.1) is 0 Å². The van der Waals surface area contributed by atoms with E-state index in [1.54, 1.807) is 0 Å². The van der Waals surface area contributed by atoms with E-state index < -0.39 is 5.97 Å². The molecule has 0 aliphatic heterocycles. The lowest BCUT2D eigenvalue weighted by Crippen LogP contribution is -1.91. The van der Waals surface area contributed by atoms with E-state index in [0.717, 1.165) is 12.8 Å². The van der Waals surface area contributed by atoms with E-state index >= 15 is 0 Å². The van der Waals surface area contributed by atoms with Gasteiger partial charge in [0.15, 0.2) is 0 Å². The summed E-state index contributed by atoms with van der Waals surface area (Å²) >= 11 is 0. The number of rotatable bonds is 6. The predicted molar refractivity (Wildman–Crippen MR) is 57.0 cm³/mol. The van der Waals surface area contributed by atoms with E-state index in [1.807, 2.05) is 6.92 Å². The summed E-state index contributed by atoms with van der Waals surface area (Å²) in [6.45, 7) is 6.44. The second-order valence-corrected chi connectivity index (χ2v) is 3.20. The van der Waals surface area contributed by atoms with E-state index in [0.29, 0.717) is 6.42 Å². The van der Waals surface area contributed by atoms with Crippen LogP contribution in [0.15, 0.2) is 0 Å². The molecule has 0 heterocycles. The molecule has 2 heteroatoms. The molecule has 0 fully saturated rings. The molecule has 0 rings (SSSR count). The van der Waals surface area contributed by atoms with Crippen LogP contribution in [0.3, 0.4) is 0 Å². The van der Waals surface area contributed by atoms with Gasteiger partial charge in [-0.2, -0.15) is 0 Å². The topological polar surface area (TPSA) is 37.3 Å². The van der Waals surface area contributed by atoms with Crippen molar-refractivity contribution in [3.05, 3.63) is 0 Å². The minimum absolute atomic E-state index is 0.316. The summed E-state index contributed by atoms with van der Waals surface area (Å²) in [4.78, 5) is 9.76. The van der Waals surface area contributed by atoms with Crippen molar-refractivity contribution >= 4 is 5.97 Å². The predicted octanol–water partition coefficient (Wildman–Crippen LogP) is 3.85. The quantitative estimate of drug-likeness (QED) is 0.643. The molecule has 0 aliphatic carbocycles. The normalized spacial score (nSPS) is 8.85. The molecular formula is C11H24O2. The van der Waals surface area contributed by atoms with Gasteiger partial charge in [0, 0.05) is 6.42 Å². The van der Waals surface area contributed by atoms with Crippen molar-refractivity contribution in [1.29, 1.82) is 0 Å². The van der Waals surface area contributed by atoms with Crippen molar-refractivity contribution in [1.82, 2.24) is 0 Å². The summed E-state index contributed by atoms with van der Waals surface area (Å²) in [5.41, 5.74) is 0. The molecule has 0 spiro atoms. The van der Waals surface area contributed by atoms with Gasteiger partial charge < -0.3 is 5.11 Å². The lowest BCUT2D eigenvalue weighted by molar-refractivity contribution is -0.137. The molecule has 2 nitrogen and oxygen atoms in total. The molecule has 0 aromatic heterocycles. The zero-order chi connectivity index (χ0) is 10.5. The second-order valence-electron chi connectivity index (χ2n) is 3.20. The summed E-state index contributed by atoms with van der Waals surface area (Å²) in [7, 11) is 0. The van der Waals surface area contributed by atoms with Gasteiger partial charge in [-0.25, -0.2) is 0 Å². The Hall–Kier alpha value is -0.530. The third-order valence-electron chi connectivity index (χ3n) is 1.70. The fourth-order valence-electron chi connectivity index (χ4n) is 0.828. The number of carboxylic acids is 1. The monoisotopic (exact) mass is 188 g/mol. The number of hydrogen-bond donors (Lipinski definition) is 1. The zero-order valence-electron chi connectivity index (χ0n) is 9.31. The fourth-order valence-corrected chi connectivity index (χ4v) is 0.828. The van der Waals surface area contributed by atoms with Crippen LogP contribution in [0.5, 0.6) is 0 Å². The molecule has 0 bridgehead atoms. The summed E-state index contributed by atoms with van der Waals surface area (Å²) in [6, 6.07) is 0. The Morgan fingerprint density at radius 3 is 1.46 bits per heavy atom. The maximum atomic E-state index is 9.76. The van der Waals surface area contributed by atoms with E-state index in [-0.39, 0.29) is 0 Å². The van der Waals surface area contributed by atoms with Crippen LogP contribution in [0.4, 0.5) is 0 Å². The van der Waals surface area contributed by atoms with Gasteiger partial charge in [-0.05, 0) is 6.42 Å². The third-order valence-corrected chi connectivity index (χ3v) is 1.70. The highest BCUT2D eigenvalue weighted by Crippen LogP contribution is 1.95. The minimum Gasteiger partial charge on any atom is -0.481 e. The van der Waals surface area contributed by atoms with Gasteiger partial charge in [0.1, 0.15) is 0 Å². The highest BCUT2D eigenvalue weighted by molar-refractivity contribution is 5.66.